The van der Waals surface area contributed by atoms with Crippen molar-refractivity contribution in [3.63, 3.8) is 0 Å². The molecule has 2 aliphatic rings. The highest BCUT2D eigenvalue weighted by atomic mass is 15.4. The number of piperazine rings is 1. The van der Waals surface area contributed by atoms with Crippen LogP contribution < -0.4 is 4.90 Å². The van der Waals surface area contributed by atoms with Crippen molar-refractivity contribution in [3.8, 4) is 22.5 Å². The zero-order valence-electron chi connectivity index (χ0n) is 16.2. The van der Waals surface area contributed by atoms with Gasteiger partial charge in [0.25, 0.3) is 0 Å². The van der Waals surface area contributed by atoms with Crippen LogP contribution in [0.2, 0.25) is 0 Å². The summed E-state index contributed by atoms with van der Waals surface area (Å²) in [6, 6.07) is 13.4. The summed E-state index contributed by atoms with van der Waals surface area (Å²) in [5.74, 6) is 1.07. The van der Waals surface area contributed by atoms with Gasteiger partial charge >= 0.3 is 0 Å². The van der Waals surface area contributed by atoms with Crippen molar-refractivity contribution in [2.45, 2.75) is 18.5 Å². The van der Waals surface area contributed by atoms with Crippen molar-refractivity contribution in [1.82, 2.24) is 29.5 Å². The molecule has 2 fully saturated rings. The van der Waals surface area contributed by atoms with E-state index in [4.69, 9.17) is 10.1 Å². The number of likely N-dealkylation sites (N-methyl/N-ethyl adjacent to an activating group) is 1. The van der Waals surface area contributed by atoms with E-state index in [2.05, 4.69) is 38.9 Å². The molecule has 0 aromatic carbocycles. The van der Waals surface area contributed by atoms with Crippen molar-refractivity contribution >= 4 is 11.5 Å². The molecule has 0 spiro atoms. The normalized spacial score (nSPS) is 21.3. The second-order valence-electron chi connectivity index (χ2n) is 7.91. The maximum atomic E-state index is 4.79. The Morgan fingerprint density at radius 3 is 2.52 bits per heavy atom. The molecule has 6 heterocycles. The first-order valence-corrected chi connectivity index (χ1v) is 9.95. The largest absolute Gasteiger partial charge is 0.351 e. The first-order valence-electron chi connectivity index (χ1n) is 9.95. The van der Waals surface area contributed by atoms with E-state index in [0.29, 0.717) is 12.1 Å². The smallest absolute Gasteiger partial charge is 0.156 e. The van der Waals surface area contributed by atoms with Crippen LogP contribution in [-0.2, 0) is 0 Å². The molecule has 6 rings (SSSR count). The predicted octanol–water partition coefficient (Wildman–Crippen LogP) is 2.75. The van der Waals surface area contributed by atoms with Crippen LogP contribution in [0.3, 0.4) is 0 Å². The molecule has 0 aliphatic carbocycles. The predicted molar refractivity (Wildman–Crippen MR) is 112 cm³/mol. The number of pyridine rings is 2. The summed E-state index contributed by atoms with van der Waals surface area (Å²) in [7, 11) is 2.22. The van der Waals surface area contributed by atoms with Gasteiger partial charge in [-0.05, 0) is 43.8 Å². The van der Waals surface area contributed by atoms with Crippen LogP contribution in [0, 0.1) is 0 Å². The Morgan fingerprint density at radius 2 is 1.79 bits per heavy atom. The molecule has 7 nitrogen and oxygen atoms in total. The summed E-state index contributed by atoms with van der Waals surface area (Å²) in [4.78, 5) is 18.3. The summed E-state index contributed by atoms with van der Waals surface area (Å²) in [5, 5.41) is 4.78. The highest BCUT2D eigenvalue weighted by molar-refractivity contribution is 5.68. The van der Waals surface area contributed by atoms with Gasteiger partial charge in [-0.1, -0.05) is 0 Å². The van der Waals surface area contributed by atoms with E-state index in [-0.39, 0.29) is 0 Å². The summed E-state index contributed by atoms with van der Waals surface area (Å²) in [6.07, 6.45) is 8.58. The highest BCUT2D eigenvalue weighted by Crippen LogP contribution is 2.33. The molecule has 2 unspecified atom stereocenters. The minimum absolute atomic E-state index is 0.588. The van der Waals surface area contributed by atoms with Gasteiger partial charge in [-0.25, -0.2) is 14.5 Å². The molecule has 4 aromatic heterocycles. The minimum Gasteiger partial charge on any atom is -0.351 e. The molecule has 2 bridgehead atoms. The first-order chi connectivity index (χ1) is 14.3. The molecule has 0 radical (unpaired) electrons. The van der Waals surface area contributed by atoms with Gasteiger partial charge < -0.3 is 4.90 Å². The average molecular weight is 383 g/mol. The van der Waals surface area contributed by atoms with Crippen molar-refractivity contribution in [2.75, 3.05) is 25.0 Å². The van der Waals surface area contributed by atoms with Gasteiger partial charge in [0.2, 0.25) is 0 Å². The number of nitrogens with zero attached hydrogens (tertiary/aromatic N) is 7. The van der Waals surface area contributed by atoms with Crippen molar-refractivity contribution < 1.29 is 0 Å². The van der Waals surface area contributed by atoms with Crippen molar-refractivity contribution in [2.24, 2.45) is 0 Å². The van der Waals surface area contributed by atoms with Gasteiger partial charge in [-0.15, -0.1) is 0 Å². The third-order valence-electron chi connectivity index (χ3n) is 6.19. The number of aromatic nitrogens is 5. The molecule has 2 aliphatic heterocycles. The van der Waals surface area contributed by atoms with E-state index in [1.807, 2.05) is 41.2 Å². The Bertz CT molecular complexity index is 1170. The maximum Gasteiger partial charge on any atom is 0.156 e. The van der Waals surface area contributed by atoms with Crippen LogP contribution in [-0.4, -0.2) is 61.7 Å². The van der Waals surface area contributed by atoms with Crippen LogP contribution in [0.1, 0.15) is 6.42 Å². The second-order valence-corrected chi connectivity index (χ2v) is 7.91. The van der Waals surface area contributed by atoms with Gasteiger partial charge in [0.15, 0.2) is 5.65 Å². The van der Waals surface area contributed by atoms with Gasteiger partial charge in [-0.3, -0.25) is 9.88 Å². The van der Waals surface area contributed by atoms with E-state index in [1.165, 1.54) is 6.42 Å². The number of fused-ring (bicyclic) bond motifs is 3. The second kappa shape index (κ2) is 6.35. The molecule has 0 N–H and O–H groups in total. The van der Waals surface area contributed by atoms with E-state index in [1.54, 1.807) is 12.4 Å². The molecule has 4 aromatic rings. The van der Waals surface area contributed by atoms with E-state index in [9.17, 15) is 0 Å². The number of anilines is 1. The fourth-order valence-corrected chi connectivity index (χ4v) is 4.63. The lowest BCUT2D eigenvalue weighted by molar-refractivity contribution is 0.292. The van der Waals surface area contributed by atoms with E-state index in [0.717, 1.165) is 47.1 Å². The molecule has 0 saturated carbocycles. The Labute approximate surface area is 168 Å². The number of hydrogen-bond donors (Lipinski definition) is 0. The molecular formula is C22H21N7. The lowest BCUT2D eigenvalue weighted by Gasteiger charge is -2.32. The summed E-state index contributed by atoms with van der Waals surface area (Å²) < 4.78 is 1.89. The molecule has 144 valence electrons. The quantitative estimate of drug-likeness (QED) is 0.542. The highest BCUT2D eigenvalue weighted by Gasteiger charge is 2.41. The zero-order chi connectivity index (χ0) is 19.4. The Balaban J connectivity index is 1.34. The van der Waals surface area contributed by atoms with Gasteiger partial charge in [0.05, 0.1) is 11.4 Å². The fraction of sp³-hybridized carbons (Fsp3) is 0.273. The van der Waals surface area contributed by atoms with Gasteiger partial charge in [0, 0.05) is 67.2 Å². The number of rotatable bonds is 3. The summed E-state index contributed by atoms with van der Waals surface area (Å²) in [5.41, 5.74) is 4.75. The monoisotopic (exact) mass is 383 g/mol. The van der Waals surface area contributed by atoms with Crippen LogP contribution >= 0.6 is 0 Å². The average Bonchev–Trinajstić information content (AvgIpc) is 3.48. The van der Waals surface area contributed by atoms with Crippen molar-refractivity contribution in [1.29, 1.82) is 0 Å². The van der Waals surface area contributed by atoms with Gasteiger partial charge in [0.1, 0.15) is 5.82 Å². The fourth-order valence-electron chi connectivity index (χ4n) is 4.63. The van der Waals surface area contributed by atoms with Gasteiger partial charge in [-0.2, -0.15) is 5.10 Å². The first kappa shape index (κ1) is 16.6. The molecule has 29 heavy (non-hydrogen) atoms. The molecular weight excluding hydrogens is 362 g/mol. The third kappa shape index (κ3) is 2.69. The topological polar surface area (TPSA) is 62.5 Å². The van der Waals surface area contributed by atoms with Crippen LogP contribution in [0.5, 0.6) is 0 Å². The summed E-state index contributed by atoms with van der Waals surface area (Å²) in [6.45, 7) is 2.20. The Hall–Kier alpha value is -3.32. The Morgan fingerprint density at radius 1 is 0.897 bits per heavy atom. The molecule has 0 amide bonds. The standard InChI is InChI=1S/C22H21N7/c1-27-13-18-10-17(27)14-28(18)21-3-2-16(12-25-21)20-6-9-24-22-11-19(26-29(20)22)15-4-7-23-8-5-15/h2-9,11-12,17-18H,10,13-14H2,1H3. The van der Waals surface area contributed by atoms with Crippen LogP contribution in [0.15, 0.2) is 61.2 Å². The lowest BCUT2D eigenvalue weighted by Crippen LogP contribution is -2.44. The van der Waals surface area contributed by atoms with Crippen LogP contribution in [0.4, 0.5) is 5.82 Å². The maximum absolute atomic E-state index is 4.79. The third-order valence-corrected chi connectivity index (χ3v) is 6.19. The number of likely N-dealkylation sites (tertiary alicyclic amines) is 1. The zero-order valence-corrected chi connectivity index (χ0v) is 16.2. The van der Waals surface area contributed by atoms with E-state index >= 15 is 0 Å². The lowest BCUT2D eigenvalue weighted by atomic mass is 10.2. The van der Waals surface area contributed by atoms with Crippen LogP contribution in [0.25, 0.3) is 28.2 Å². The minimum atomic E-state index is 0.588. The van der Waals surface area contributed by atoms with Crippen molar-refractivity contribution in [3.05, 3.63) is 61.2 Å². The molecule has 2 atom stereocenters. The SMILES string of the molecule is CN1CC2CC1CN2c1ccc(-c2ccnc3cc(-c4ccncc4)nn23)cn1. The summed E-state index contributed by atoms with van der Waals surface area (Å²) >= 11 is 0. The van der Waals surface area contributed by atoms with E-state index < -0.39 is 0 Å². The Kier molecular flexibility index (Phi) is 3.64. The number of hydrogen-bond acceptors (Lipinski definition) is 6. The molecule has 7 heteroatoms. The molecule has 2 saturated heterocycles.